The Hall–Kier alpha value is -0.120. The van der Waals surface area contributed by atoms with E-state index in [9.17, 15) is 0 Å². The molecule has 0 aliphatic carbocycles. The Bertz CT molecular complexity index is 149. The molecule has 0 rings (SSSR count). The molecule has 0 saturated heterocycles. The normalized spacial score (nSPS) is 12.4. The van der Waals surface area contributed by atoms with E-state index in [1.807, 2.05) is 0 Å². The molecule has 3 heteroatoms. The molecular weight excluding hydrogens is 188 g/mol. The second-order valence-corrected chi connectivity index (χ2v) is 5.07. The third-order valence-electron chi connectivity index (χ3n) is 2.41. The van der Waals surface area contributed by atoms with Crippen molar-refractivity contribution >= 4 is 0 Å². The van der Waals surface area contributed by atoms with Gasteiger partial charge in [0.2, 0.25) is 0 Å². The molecule has 3 nitrogen and oxygen atoms in total. The average molecular weight is 216 g/mol. The molecular formula is C12H28N2O. The van der Waals surface area contributed by atoms with Crippen LogP contribution in [0.4, 0.5) is 0 Å². The van der Waals surface area contributed by atoms with Crippen LogP contribution in [-0.2, 0) is 4.74 Å². The van der Waals surface area contributed by atoms with Gasteiger partial charge in [-0.1, -0.05) is 20.8 Å². The van der Waals surface area contributed by atoms with E-state index in [4.69, 9.17) is 4.74 Å². The first kappa shape index (κ1) is 14.9. The number of likely N-dealkylation sites (N-methyl/N-ethyl adjacent to an activating group) is 1. The standard InChI is InChI=1S/C12H28N2O/c1-6-7-13-10-12(2,3)11-14(4)8-9-15-5/h13H,6-11H2,1-5H3. The van der Waals surface area contributed by atoms with E-state index >= 15 is 0 Å². The minimum absolute atomic E-state index is 0.331. The highest BCUT2D eigenvalue weighted by molar-refractivity contribution is 4.74. The van der Waals surface area contributed by atoms with Crippen LogP contribution in [0.15, 0.2) is 0 Å². The predicted molar refractivity (Wildman–Crippen MR) is 66.3 cm³/mol. The molecule has 0 unspecified atom stereocenters. The van der Waals surface area contributed by atoms with Gasteiger partial charge in [-0.2, -0.15) is 0 Å². The maximum Gasteiger partial charge on any atom is 0.0589 e. The molecule has 0 amide bonds. The lowest BCUT2D eigenvalue weighted by Gasteiger charge is -2.30. The van der Waals surface area contributed by atoms with Crippen molar-refractivity contribution in [1.29, 1.82) is 0 Å². The number of nitrogens with one attached hydrogen (secondary N) is 1. The summed E-state index contributed by atoms with van der Waals surface area (Å²) in [6.45, 7) is 11.9. The summed E-state index contributed by atoms with van der Waals surface area (Å²) in [6.07, 6.45) is 1.20. The first-order chi connectivity index (χ1) is 7.02. The monoisotopic (exact) mass is 216 g/mol. The van der Waals surface area contributed by atoms with Crippen molar-refractivity contribution < 1.29 is 4.74 Å². The molecule has 1 N–H and O–H groups in total. The molecule has 0 aliphatic heterocycles. The highest BCUT2D eigenvalue weighted by Gasteiger charge is 2.19. The molecule has 15 heavy (non-hydrogen) atoms. The maximum absolute atomic E-state index is 5.07. The highest BCUT2D eigenvalue weighted by atomic mass is 16.5. The Labute approximate surface area is 95.2 Å². The Kier molecular flexibility index (Phi) is 8.02. The van der Waals surface area contributed by atoms with Crippen molar-refractivity contribution in [2.24, 2.45) is 5.41 Å². The average Bonchev–Trinajstić information content (AvgIpc) is 2.14. The topological polar surface area (TPSA) is 24.5 Å². The van der Waals surface area contributed by atoms with Crippen LogP contribution in [-0.4, -0.2) is 51.8 Å². The number of hydrogen-bond acceptors (Lipinski definition) is 3. The first-order valence-corrected chi connectivity index (χ1v) is 5.90. The summed E-state index contributed by atoms with van der Waals surface area (Å²) >= 11 is 0. The summed E-state index contributed by atoms with van der Waals surface area (Å²) in [6, 6.07) is 0. The van der Waals surface area contributed by atoms with Gasteiger partial charge in [0.1, 0.15) is 0 Å². The van der Waals surface area contributed by atoms with Crippen LogP contribution in [0.2, 0.25) is 0 Å². The van der Waals surface area contributed by atoms with Crippen LogP contribution >= 0.6 is 0 Å². The van der Waals surface area contributed by atoms with Crippen molar-refractivity contribution in [3.8, 4) is 0 Å². The fourth-order valence-electron chi connectivity index (χ4n) is 1.72. The molecule has 0 aliphatic rings. The Morgan fingerprint density at radius 1 is 1.33 bits per heavy atom. The third-order valence-corrected chi connectivity index (χ3v) is 2.41. The minimum atomic E-state index is 0.331. The van der Waals surface area contributed by atoms with Crippen LogP contribution in [0.5, 0.6) is 0 Å². The number of hydrogen-bond donors (Lipinski definition) is 1. The molecule has 0 atom stereocenters. The second-order valence-electron chi connectivity index (χ2n) is 5.07. The van der Waals surface area contributed by atoms with Crippen LogP contribution < -0.4 is 5.32 Å². The lowest BCUT2D eigenvalue weighted by molar-refractivity contribution is 0.135. The Morgan fingerprint density at radius 2 is 2.00 bits per heavy atom. The summed E-state index contributed by atoms with van der Waals surface area (Å²) in [5.41, 5.74) is 0.331. The fourth-order valence-corrected chi connectivity index (χ4v) is 1.72. The van der Waals surface area contributed by atoms with Crippen molar-refractivity contribution in [3.63, 3.8) is 0 Å². The van der Waals surface area contributed by atoms with Gasteiger partial charge < -0.3 is 15.0 Å². The van der Waals surface area contributed by atoms with Gasteiger partial charge in [0.05, 0.1) is 6.61 Å². The van der Waals surface area contributed by atoms with Gasteiger partial charge in [-0.05, 0) is 25.4 Å². The van der Waals surface area contributed by atoms with Gasteiger partial charge in [-0.15, -0.1) is 0 Å². The molecule has 0 fully saturated rings. The molecule has 0 bridgehead atoms. The molecule has 0 aromatic rings. The largest absolute Gasteiger partial charge is 0.383 e. The van der Waals surface area contributed by atoms with E-state index in [0.29, 0.717) is 5.41 Å². The van der Waals surface area contributed by atoms with E-state index < -0.39 is 0 Å². The zero-order valence-electron chi connectivity index (χ0n) is 11.1. The number of methoxy groups -OCH3 is 1. The lowest BCUT2D eigenvalue weighted by atomic mass is 9.93. The van der Waals surface area contributed by atoms with Gasteiger partial charge in [0, 0.05) is 26.7 Å². The van der Waals surface area contributed by atoms with Gasteiger partial charge in [0.25, 0.3) is 0 Å². The maximum atomic E-state index is 5.07. The summed E-state index contributed by atoms with van der Waals surface area (Å²) in [4.78, 5) is 2.33. The zero-order valence-corrected chi connectivity index (χ0v) is 11.1. The van der Waals surface area contributed by atoms with Crippen LogP contribution in [0.1, 0.15) is 27.2 Å². The fraction of sp³-hybridized carbons (Fsp3) is 1.00. The second kappa shape index (κ2) is 8.08. The van der Waals surface area contributed by atoms with E-state index in [1.54, 1.807) is 7.11 Å². The SMILES string of the molecule is CCCNCC(C)(C)CN(C)CCOC. The lowest BCUT2D eigenvalue weighted by Crippen LogP contribution is -2.40. The van der Waals surface area contributed by atoms with Gasteiger partial charge in [-0.3, -0.25) is 0 Å². The van der Waals surface area contributed by atoms with Crippen LogP contribution in [0.3, 0.4) is 0 Å². The zero-order chi connectivity index (χ0) is 11.7. The summed E-state index contributed by atoms with van der Waals surface area (Å²) in [5, 5.41) is 3.48. The van der Waals surface area contributed by atoms with Crippen molar-refractivity contribution in [3.05, 3.63) is 0 Å². The molecule has 0 spiro atoms. The van der Waals surface area contributed by atoms with E-state index in [1.165, 1.54) is 6.42 Å². The Balaban J connectivity index is 3.69. The number of nitrogens with zero attached hydrogens (tertiary/aromatic N) is 1. The van der Waals surface area contributed by atoms with Gasteiger partial charge >= 0.3 is 0 Å². The molecule has 0 aromatic heterocycles. The molecule has 0 saturated carbocycles. The molecule has 0 aromatic carbocycles. The van der Waals surface area contributed by atoms with Crippen molar-refractivity contribution in [1.82, 2.24) is 10.2 Å². The minimum Gasteiger partial charge on any atom is -0.383 e. The van der Waals surface area contributed by atoms with E-state index in [2.05, 4.69) is 38.0 Å². The van der Waals surface area contributed by atoms with Crippen molar-refractivity contribution in [2.45, 2.75) is 27.2 Å². The van der Waals surface area contributed by atoms with E-state index in [0.717, 1.165) is 32.8 Å². The first-order valence-electron chi connectivity index (χ1n) is 5.90. The quantitative estimate of drug-likeness (QED) is 0.592. The van der Waals surface area contributed by atoms with Crippen LogP contribution in [0.25, 0.3) is 0 Å². The summed E-state index contributed by atoms with van der Waals surface area (Å²) in [5.74, 6) is 0. The molecule has 0 radical (unpaired) electrons. The van der Waals surface area contributed by atoms with Gasteiger partial charge in [0.15, 0.2) is 0 Å². The summed E-state index contributed by atoms with van der Waals surface area (Å²) in [7, 11) is 3.91. The molecule has 0 heterocycles. The summed E-state index contributed by atoms with van der Waals surface area (Å²) < 4.78 is 5.07. The van der Waals surface area contributed by atoms with Crippen LogP contribution in [0, 0.1) is 5.41 Å². The number of rotatable bonds is 9. The highest BCUT2D eigenvalue weighted by Crippen LogP contribution is 2.14. The Morgan fingerprint density at radius 3 is 2.53 bits per heavy atom. The third kappa shape index (κ3) is 8.85. The molecule has 92 valence electrons. The number of ether oxygens (including phenoxy) is 1. The van der Waals surface area contributed by atoms with E-state index in [-0.39, 0.29) is 0 Å². The van der Waals surface area contributed by atoms with Crippen molar-refractivity contribution in [2.75, 3.05) is 46.9 Å². The predicted octanol–water partition coefficient (Wildman–Crippen LogP) is 1.59. The van der Waals surface area contributed by atoms with Gasteiger partial charge in [-0.25, -0.2) is 0 Å². The smallest absolute Gasteiger partial charge is 0.0589 e.